The number of carbonyl (C=O) groups is 3. The van der Waals surface area contributed by atoms with Crippen LogP contribution < -0.4 is 5.32 Å². The minimum absolute atomic E-state index is 0.194. The van der Waals surface area contributed by atoms with Gasteiger partial charge in [-0.15, -0.1) is 0 Å². The van der Waals surface area contributed by atoms with Crippen molar-refractivity contribution in [3.05, 3.63) is 29.3 Å². The highest BCUT2D eigenvalue weighted by atomic mass is 16.2. The monoisotopic (exact) mass is 274 g/mol. The number of likely N-dealkylation sites (tertiary alicyclic amines) is 1. The Kier molecular flexibility index (Phi) is 3.88. The highest BCUT2D eigenvalue weighted by Crippen LogP contribution is 2.20. The Labute approximate surface area is 118 Å². The first kappa shape index (κ1) is 14.2. The summed E-state index contributed by atoms with van der Waals surface area (Å²) in [5, 5.41) is 2.78. The molecule has 1 aliphatic rings. The third kappa shape index (κ3) is 2.57. The molecule has 0 radical (unpaired) electrons. The molecule has 3 amide bonds. The second-order valence-corrected chi connectivity index (χ2v) is 5.07. The molecular weight excluding hydrogens is 256 g/mol. The summed E-state index contributed by atoms with van der Waals surface area (Å²) in [6.07, 6.45) is 0.389. The molecule has 20 heavy (non-hydrogen) atoms. The molecule has 1 N–H and O–H groups in total. The number of hydrogen-bond donors (Lipinski definition) is 1. The van der Waals surface area contributed by atoms with Gasteiger partial charge in [0, 0.05) is 18.5 Å². The average Bonchev–Trinajstić information content (AvgIpc) is 2.73. The number of nitrogens with one attached hydrogen (secondary N) is 1. The number of imide groups is 1. The van der Waals surface area contributed by atoms with Gasteiger partial charge in [-0.05, 0) is 38.0 Å². The molecule has 1 aliphatic heterocycles. The van der Waals surface area contributed by atoms with E-state index < -0.39 is 6.04 Å². The van der Waals surface area contributed by atoms with E-state index in [1.54, 1.807) is 13.0 Å². The predicted molar refractivity (Wildman–Crippen MR) is 75.1 cm³/mol. The maximum atomic E-state index is 12.2. The van der Waals surface area contributed by atoms with Crippen LogP contribution in [0.1, 0.15) is 30.9 Å². The van der Waals surface area contributed by atoms with Crippen LogP contribution in [0.2, 0.25) is 0 Å². The van der Waals surface area contributed by atoms with Crippen LogP contribution in [0, 0.1) is 13.8 Å². The van der Waals surface area contributed by atoms with Gasteiger partial charge < -0.3 is 5.32 Å². The van der Waals surface area contributed by atoms with E-state index >= 15 is 0 Å². The van der Waals surface area contributed by atoms with Gasteiger partial charge in [0.05, 0.1) is 0 Å². The predicted octanol–water partition coefficient (Wildman–Crippen LogP) is 1.78. The maximum Gasteiger partial charge on any atom is 0.247 e. The zero-order valence-corrected chi connectivity index (χ0v) is 11.9. The van der Waals surface area contributed by atoms with E-state index in [1.165, 1.54) is 0 Å². The quantitative estimate of drug-likeness (QED) is 0.854. The Balaban J connectivity index is 2.14. The van der Waals surface area contributed by atoms with Crippen molar-refractivity contribution in [3.63, 3.8) is 0 Å². The molecule has 1 aromatic carbocycles. The molecule has 5 nitrogen and oxygen atoms in total. The lowest BCUT2D eigenvalue weighted by Crippen LogP contribution is -2.45. The van der Waals surface area contributed by atoms with E-state index in [0.717, 1.165) is 16.0 Å². The summed E-state index contributed by atoms with van der Waals surface area (Å²) in [6, 6.07) is 4.84. The highest BCUT2D eigenvalue weighted by molar-refractivity contribution is 6.07. The lowest BCUT2D eigenvalue weighted by molar-refractivity contribution is -0.144. The molecule has 0 unspecified atom stereocenters. The van der Waals surface area contributed by atoms with Crippen molar-refractivity contribution in [2.45, 2.75) is 39.7 Å². The fourth-order valence-electron chi connectivity index (χ4n) is 2.27. The first-order chi connectivity index (χ1) is 9.41. The van der Waals surface area contributed by atoms with Crippen LogP contribution >= 0.6 is 0 Å². The summed E-state index contributed by atoms with van der Waals surface area (Å²) in [7, 11) is 0. The van der Waals surface area contributed by atoms with Crippen LogP contribution in [0.5, 0.6) is 0 Å². The second-order valence-electron chi connectivity index (χ2n) is 5.07. The summed E-state index contributed by atoms with van der Waals surface area (Å²) in [6.45, 7) is 5.45. The van der Waals surface area contributed by atoms with Crippen LogP contribution in [0.3, 0.4) is 0 Å². The molecule has 1 aromatic rings. The van der Waals surface area contributed by atoms with Crippen molar-refractivity contribution in [2.24, 2.45) is 0 Å². The van der Waals surface area contributed by atoms with Gasteiger partial charge in [-0.25, -0.2) is 0 Å². The summed E-state index contributed by atoms with van der Waals surface area (Å²) in [4.78, 5) is 36.5. The Morgan fingerprint density at radius 2 is 1.80 bits per heavy atom. The van der Waals surface area contributed by atoms with Crippen LogP contribution in [0.15, 0.2) is 18.2 Å². The Hall–Kier alpha value is -2.17. The van der Waals surface area contributed by atoms with Crippen molar-refractivity contribution in [1.29, 1.82) is 0 Å². The standard InChI is InChI=1S/C15H18N2O3/c1-9-5-4-6-12(10(9)2)16-15(20)11(3)17-13(18)7-8-14(17)19/h4-6,11H,7-8H2,1-3H3,(H,16,20)/t11-/m1/s1. The number of nitrogens with zero attached hydrogens (tertiary/aromatic N) is 1. The SMILES string of the molecule is Cc1cccc(NC(=O)[C@@H](C)N2C(=O)CCC2=O)c1C. The van der Waals surface area contributed by atoms with Gasteiger partial charge in [-0.2, -0.15) is 0 Å². The number of anilines is 1. The van der Waals surface area contributed by atoms with Crippen molar-refractivity contribution in [1.82, 2.24) is 4.90 Å². The highest BCUT2D eigenvalue weighted by Gasteiger charge is 2.36. The van der Waals surface area contributed by atoms with E-state index in [9.17, 15) is 14.4 Å². The van der Waals surface area contributed by atoms with Gasteiger partial charge in [0.15, 0.2) is 0 Å². The number of hydrogen-bond acceptors (Lipinski definition) is 3. The topological polar surface area (TPSA) is 66.5 Å². The van der Waals surface area contributed by atoms with E-state index in [-0.39, 0.29) is 30.6 Å². The summed E-state index contributed by atoms with van der Waals surface area (Å²) in [5.41, 5.74) is 2.76. The van der Waals surface area contributed by atoms with Crippen LogP contribution in [-0.2, 0) is 14.4 Å². The number of rotatable bonds is 3. The molecule has 1 fully saturated rings. The number of carbonyl (C=O) groups excluding carboxylic acids is 3. The molecule has 1 saturated heterocycles. The van der Waals surface area contributed by atoms with Gasteiger partial charge in [0.25, 0.3) is 0 Å². The third-order valence-electron chi connectivity index (χ3n) is 3.72. The minimum Gasteiger partial charge on any atom is -0.324 e. The van der Waals surface area contributed by atoms with E-state index in [0.29, 0.717) is 5.69 Å². The van der Waals surface area contributed by atoms with Crippen molar-refractivity contribution in [2.75, 3.05) is 5.32 Å². The van der Waals surface area contributed by atoms with Gasteiger partial charge >= 0.3 is 0 Å². The van der Waals surface area contributed by atoms with E-state index in [1.807, 2.05) is 26.0 Å². The molecule has 1 atom stereocenters. The smallest absolute Gasteiger partial charge is 0.247 e. The normalized spacial score (nSPS) is 16.4. The fraction of sp³-hybridized carbons (Fsp3) is 0.400. The van der Waals surface area contributed by atoms with E-state index in [2.05, 4.69) is 5.32 Å². The largest absolute Gasteiger partial charge is 0.324 e. The number of aryl methyl sites for hydroxylation is 1. The Bertz CT molecular complexity index is 564. The number of benzene rings is 1. The molecule has 0 saturated carbocycles. The van der Waals surface area contributed by atoms with E-state index in [4.69, 9.17) is 0 Å². The molecule has 1 heterocycles. The first-order valence-corrected chi connectivity index (χ1v) is 6.63. The van der Waals surface area contributed by atoms with Crippen LogP contribution in [-0.4, -0.2) is 28.7 Å². The fourth-order valence-corrected chi connectivity index (χ4v) is 2.27. The van der Waals surface area contributed by atoms with Crippen molar-refractivity contribution < 1.29 is 14.4 Å². The van der Waals surface area contributed by atoms with Crippen LogP contribution in [0.25, 0.3) is 0 Å². The Morgan fingerprint density at radius 1 is 1.20 bits per heavy atom. The van der Waals surface area contributed by atoms with Gasteiger partial charge in [0.2, 0.25) is 17.7 Å². The molecule has 0 aromatic heterocycles. The van der Waals surface area contributed by atoms with Gasteiger partial charge in [0.1, 0.15) is 6.04 Å². The maximum absolute atomic E-state index is 12.2. The molecule has 0 spiro atoms. The third-order valence-corrected chi connectivity index (χ3v) is 3.72. The van der Waals surface area contributed by atoms with Gasteiger partial charge in [-0.1, -0.05) is 12.1 Å². The zero-order valence-electron chi connectivity index (χ0n) is 11.9. The summed E-state index contributed by atoms with van der Waals surface area (Å²) >= 11 is 0. The lowest BCUT2D eigenvalue weighted by atomic mass is 10.1. The average molecular weight is 274 g/mol. The number of amides is 3. The molecule has 0 bridgehead atoms. The molecule has 5 heteroatoms. The zero-order chi connectivity index (χ0) is 14.9. The summed E-state index contributed by atoms with van der Waals surface area (Å²) < 4.78 is 0. The molecule has 106 valence electrons. The summed E-state index contributed by atoms with van der Waals surface area (Å²) in [5.74, 6) is -0.903. The Morgan fingerprint density at radius 3 is 2.40 bits per heavy atom. The van der Waals surface area contributed by atoms with Gasteiger partial charge in [-0.3, -0.25) is 19.3 Å². The van der Waals surface area contributed by atoms with Crippen molar-refractivity contribution in [3.8, 4) is 0 Å². The lowest BCUT2D eigenvalue weighted by Gasteiger charge is -2.22. The van der Waals surface area contributed by atoms with Crippen molar-refractivity contribution >= 4 is 23.4 Å². The molecule has 0 aliphatic carbocycles. The molecule has 2 rings (SSSR count). The second kappa shape index (κ2) is 5.45. The molecular formula is C15H18N2O3. The first-order valence-electron chi connectivity index (χ1n) is 6.63. The minimum atomic E-state index is -0.780. The van der Waals surface area contributed by atoms with Crippen LogP contribution in [0.4, 0.5) is 5.69 Å².